The summed E-state index contributed by atoms with van der Waals surface area (Å²) in [5.74, 6) is 0.394. The number of carbonyl (C=O) groups is 2. The molecule has 8 nitrogen and oxygen atoms in total. The van der Waals surface area contributed by atoms with Crippen molar-refractivity contribution in [3.63, 3.8) is 0 Å². The summed E-state index contributed by atoms with van der Waals surface area (Å²) in [5, 5.41) is 30.9. The first-order valence-electron chi connectivity index (χ1n) is 7.36. The van der Waals surface area contributed by atoms with Gasteiger partial charge in [0.1, 0.15) is 6.10 Å². The second-order valence-corrected chi connectivity index (χ2v) is 7.59. The highest BCUT2D eigenvalue weighted by atomic mass is 32.2. The minimum Gasteiger partial charge on any atom is -0.394 e. The van der Waals surface area contributed by atoms with Crippen molar-refractivity contribution in [3.05, 3.63) is 49.8 Å². The zero-order valence-corrected chi connectivity index (χ0v) is 14.5. The van der Waals surface area contributed by atoms with E-state index in [1.807, 2.05) is 0 Å². The molecule has 0 aliphatic carbocycles. The first kappa shape index (κ1) is 17.9. The highest BCUT2D eigenvalue weighted by Crippen LogP contribution is 2.42. The number of benzene rings is 1. The van der Waals surface area contributed by atoms with Gasteiger partial charge in [-0.15, -0.1) is 23.5 Å². The van der Waals surface area contributed by atoms with Crippen molar-refractivity contribution in [1.29, 1.82) is 0 Å². The van der Waals surface area contributed by atoms with Gasteiger partial charge in [0.05, 0.1) is 27.4 Å². The van der Waals surface area contributed by atoms with Crippen molar-refractivity contribution in [2.75, 3.05) is 18.1 Å². The van der Waals surface area contributed by atoms with Crippen LogP contribution in [-0.2, 0) is 9.59 Å². The molecule has 132 valence electrons. The number of nitrogens with zero attached hydrogens (tertiary/aromatic N) is 2. The molecule has 2 atom stereocenters. The van der Waals surface area contributed by atoms with Gasteiger partial charge in [0.15, 0.2) is 0 Å². The Labute approximate surface area is 151 Å². The summed E-state index contributed by atoms with van der Waals surface area (Å²) in [5.41, 5.74) is 0.130. The molecule has 2 amide bonds. The van der Waals surface area contributed by atoms with Crippen molar-refractivity contribution >= 4 is 41.0 Å². The van der Waals surface area contributed by atoms with Crippen LogP contribution in [0.2, 0.25) is 0 Å². The Morgan fingerprint density at radius 1 is 1.12 bits per heavy atom. The number of aliphatic hydroxyl groups excluding tert-OH is 2. The quantitative estimate of drug-likeness (QED) is 0.440. The normalized spacial score (nSPS) is 19.8. The van der Waals surface area contributed by atoms with Crippen LogP contribution < -0.4 is 0 Å². The molecule has 2 heterocycles. The van der Waals surface area contributed by atoms with Gasteiger partial charge in [-0.05, 0) is 17.7 Å². The van der Waals surface area contributed by atoms with Crippen molar-refractivity contribution in [1.82, 2.24) is 4.90 Å². The Morgan fingerprint density at radius 2 is 1.64 bits per heavy atom. The first-order chi connectivity index (χ1) is 12.0. The van der Waals surface area contributed by atoms with Gasteiger partial charge in [-0.3, -0.25) is 24.6 Å². The molecule has 0 spiro atoms. The molecule has 2 aliphatic rings. The summed E-state index contributed by atoms with van der Waals surface area (Å²) in [6, 6.07) is 3.96. The summed E-state index contributed by atoms with van der Waals surface area (Å²) < 4.78 is 0. The van der Waals surface area contributed by atoms with Crippen LogP contribution in [0, 0.1) is 10.1 Å². The molecule has 2 N–H and O–H groups in total. The second kappa shape index (κ2) is 7.16. The fraction of sp³-hybridized carbons (Fsp3) is 0.333. The molecule has 0 saturated heterocycles. The second-order valence-electron chi connectivity index (χ2n) is 5.38. The van der Waals surface area contributed by atoms with Gasteiger partial charge < -0.3 is 10.2 Å². The minimum absolute atomic E-state index is 0.144. The lowest BCUT2D eigenvalue weighted by atomic mass is 10.0. The predicted molar refractivity (Wildman–Crippen MR) is 92.7 cm³/mol. The highest BCUT2D eigenvalue weighted by molar-refractivity contribution is 8.11. The molecule has 1 aromatic rings. The number of carbonyl (C=O) groups excluding carboxylic acids is 2. The van der Waals surface area contributed by atoms with E-state index >= 15 is 0 Å². The lowest BCUT2D eigenvalue weighted by Crippen LogP contribution is -2.46. The number of nitro groups is 1. The third-order valence-corrected chi connectivity index (χ3v) is 6.48. The van der Waals surface area contributed by atoms with Crippen LogP contribution >= 0.6 is 23.5 Å². The molecule has 0 aromatic heterocycles. The molecule has 0 radical (unpaired) electrons. The van der Waals surface area contributed by atoms with Crippen LogP contribution in [0.3, 0.4) is 0 Å². The molecule has 10 heteroatoms. The Kier molecular flexibility index (Phi) is 5.13. The van der Waals surface area contributed by atoms with Crippen LogP contribution in [0.5, 0.6) is 0 Å². The number of thioether (sulfide) groups is 2. The van der Waals surface area contributed by atoms with E-state index in [-0.39, 0.29) is 11.3 Å². The smallest absolute Gasteiger partial charge is 0.269 e. The molecule has 0 saturated carbocycles. The maximum absolute atomic E-state index is 12.5. The summed E-state index contributed by atoms with van der Waals surface area (Å²) in [6.45, 7) is -0.620. The number of imide groups is 1. The van der Waals surface area contributed by atoms with E-state index < -0.39 is 35.5 Å². The van der Waals surface area contributed by atoms with E-state index in [0.29, 0.717) is 21.3 Å². The van der Waals surface area contributed by atoms with Crippen molar-refractivity contribution in [2.24, 2.45) is 0 Å². The summed E-state index contributed by atoms with van der Waals surface area (Å²) in [6.07, 6.45) is -1.35. The third kappa shape index (κ3) is 3.17. The molecule has 2 unspecified atom stereocenters. The molecule has 25 heavy (non-hydrogen) atoms. The Bertz CT molecular complexity index is 736. The number of hydrogen-bond donors (Lipinski definition) is 2. The Hall–Kier alpha value is -1.88. The number of non-ortho nitro benzene ring substituents is 1. The van der Waals surface area contributed by atoms with Crippen molar-refractivity contribution in [3.8, 4) is 0 Å². The zero-order chi connectivity index (χ0) is 18.1. The van der Waals surface area contributed by atoms with Crippen LogP contribution in [0.15, 0.2) is 34.1 Å². The predicted octanol–water partition coefficient (Wildman–Crippen LogP) is 1.05. The van der Waals surface area contributed by atoms with Crippen LogP contribution in [-0.4, -0.2) is 56.0 Å². The van der Waals surface area contributed by atoms with E-state index in [1.165, 1.54) is 47.8 Å². The maximum Gasteiger partial charge on any atom is 0.269 e. The number of rotatable bonds is 5. The van der Waals surface area contributed by atoms with Crippen molar-refractivity contribution in [2.45, 2.75) is 12.1 Å². The first-order valence-corrected chi connectivity index (χ1v) is 9.34. The van der Waals surface area contributed by atoms with Crippen molar-refractivity contribution < 1.29 is 24.7 Å². The van der Waals surface area contributed by atoms with Crippen LogP contribution in [0.4, 0.5) is 5.69 Å². The molecule has 3 rings (SSSR count). The van der Waals surface area contributed by atoms with E-state index in [1.54, 1.807) is 0 Å². The van der Waals surface area contributed by atoms with Gasteiger partial charge in [-0.25, -0.2) is 0 Å². The van der Waals surface area contributed by atoms with E-state index in [0.717, 1.165) is 4.90 Å². The Morgan fingerprint density at radius 3 is 2.08 bits per heavy atom. The SMILES string of the molecule is O=C1C2=C(SCCS2)C(=O)N1C(CO)C(O)c1ccc([N+](=O)[O-])cc1. The average molecular weight is 382 g/mol. The zero-order valence-electron chi connectivity index (χ0n) is 12.8. The Balaban J connectivity index is 1.86. The number of hydrogen-bond acceptors (Lipinski definition) is 8. The fourth-order valence-corrected chi connectivity index (χ4v) is 5.00. The van der Waals surface area contributed by atoms with Gasteiger partial charge in [-0.1, -0.05) is 0 Å². The molecular formula is C15H14N2O6S2. The minimum atomic E-state index is -1.35. The summed E-state index contributed by atoms with van der Waals surface area (Å²) in [4.78, 5) is 36.8. The fourth-order valence-electron chi connectivity index (χ4n) is 2.69. The average Bonchev–Trinajstić information content (AvgIpc) is 2.88. The molecule has 1 aromatic carbocycles. The van der Waals surface area contributed by atoms with E-state index in [4.69, 9.17) is 0 Å². The van der Waals surface area contributed by atoms with E-state index in [9.17, 15) is 29.9 Å². The standard InChI is InChI=1S/C15H14N2O6S2/c18-7-10(11(19)8-1-3-9(4-2-8)17(22)23)16-14(20)12-13(15(16)21)25-6-5-24-12/h1-4,10-11,18-19H,5-7H2. The molecule has 0 fully saturated rings. The lowest BCUT2D eigenvalue weighted by molar-refractivity contribution is -0.384. The summed E-state index contributed by atoms with van der Waals surface area (Å²) >= 11 is 2.60. The van der Waals surface area contributed by atoms with Gasteiger partial charge in [-0.2, -0.15) is 0 Å². The third-order valence-electron chi connectivity index (χ3n) is 3.94. The number of nitro benzene ring substituents is 1. The van der Waals surface area contributed by atoms with Gasteiger partial charge in [0.2, 0.25) is 0 Å². The molecule has 2 aliphatic heterocycles. The molecule has 0 bridgehead atoms. The number of amides is 2. The highest BCUT2D eigenvalue weighted by Gasteiger charge is 2.45. The topological polar surface area (TPSA) is 121 Å². The van der Waals surface area contributed by atoms with Crippen LogP contribution in [0.1, 0.15) is 11.7 Å². The van der Waals surface area contributed by atoms with Gasteiger partial charge >= 0.3 is 0 Å². The van der Waals surface area contributed by atoms with Gasteiger partial charge in [0.25, 0.3) is 17.5 Å². The monoisotopic (exact) mass is 382 g/mol. The largest absolute Gasteiger partial charge is 0.394 e. The number of aliphatic hydroxyl groups is 2. The van der Waals surface area contributed by atoms with E-state index in [2.05, 4.69) is 0 Å². The summed E-state index contributed by atoms with van der Waals surface area (Å²) in [7, 11) is 0. The maximum atomic E-state index is 12.5. The lowest BCUT2D eigenvalue weighted by Gasteiger charge is -2.29. The molecular weight excluding hydrogens is 368 g/mol. The van der Waals surface area contributed by atoms with Crippen LogP contribution in [0.25, 0.3) is 0 Å². The van der Waals surface area contributed by atoms with Gasteiger partial charge in [0, 0.05) is 23.6 Å².